The maximum absolute atomic E-state index is 12.0. The summed E-state index contributed by atoms with van der Waals surface area (Å²) in [5.74, 6) is 0. The van der Waals surface area contributed by atoms with Gasteiger partial charge in [0.05, 0.1) is 21.9 Å². The standard InChI is InChI=1S/C10H9ClN6O8/c1-13(10(19)14(2)17(24)25)9(18)12-8-6(15(20)21)3-5(11)4-7(8)16(22)23/h3-4H,1-2H3,(H,12,18). The quantitative estimate of drug-likeness (QED) is 0.609. The number of urea groups is 2. The van der Waals surface area contributed by atoms with Gasteiger partial charge in [-0.05, 0) is 5.01 Å². The van der Waals surface area contributed by atoms with Crippen molar-refractivity contribution in [3.63, 3.8) is 0 Å². The zero-order chi connectivity index (χ0) is 19.5. The van der Waals surface area contributed by atoms with Gasteiger partial charge in [-0.25, -0.2) is 24.6 Å². The summed E-state index contributed by atoms with van der Waals surface area (Å²) >= 11 is 5.57. The minimum Gasteiger partial charge on any atom is -0.296 e. The first kappa shape index (κ1) is 19.5. The number of carbonyl (C=O) groups is 2. The molecule has 0 aromatic heterocycles. The van der Waals surface area contributed by atoms with Crippen LogP contribution in [-0.2, 0) is 0 Å². The number of carbonyl (C=O) groups excluding carboxylic acids is 2. The first-order chi connectivity index (χ1) is 11.5. The number of amides is 4. The van der Waals surface area contributed by atoms with E-state index >= 15 is 0 Å². The first-order valence-corrected chi connectivity index (χ1v) is 6.44. The first-order valence-electron chi connectivity index (χ1n) is 6.06. The van der Waals surface area contributed by atoms with E-state index in [1.165, 1.54) is 0 Å². The van der Waals surface area contributed by atoms with Crippen LogP contribution in [0.1, 0.15) is 0 Å². The third-order valence-electron chi connectivity index (χ3n) is 2.80. The zero-order valence-corrected chi connectivity index (χ0v) is 13.3. The summed E-state index contributed by atoms with van der Waals surface area (Å²) in [6, 6.07) is -1.24. The van der Waals surface area contributed by atoms with Gasteiger partial charge in [-0.2, -0.15) is 0 Å². The molecule has 14 nitrogen and oxygen atoms in total. The number of halogens is 1. The lowest BCUT2D eigenvalue weighted by Gasteiger charge is -2.17. The Hall–Kier alpha value is -3.55. The number of benzene rings is 1. The lowest BCUT2D eigenvalue weighted by atomic mass is 10.2. The molecular formula is C10H9ClN6O8. The minimum atomic E-state index is -1.39. The molecule has 0 aliphatic heterocycles. The number of anilines is 1. The van der Waals surface area contributed by atoms with E-state index in [4.69, 9.17) is 11.6 Å². The molecule has 0 fully saturated rings. The van der Waals surface area contributed by atoms with Gasteiger partial charge >= 0.3 is 23.4 Å². The molecule has 1 N–H and O–H groups in total. The van der Waals surface area contributed by atoms with E-state index < -0.39 is 44.0 Å². The average Bonchev–Trinajstić information content (AvgIpc) is 2.53. The Morgan fingerprint density at radius 3 is 1.84 bits per heavy atom. The van der Waals surface area contributed by atoms with Gasteiger partial charge in [0.2, 0.25) is 0 Å². The van der Waals surface area contributed by atoms with Crippen molar-refractivity contribution in [3.05, 3.63) is 47.5 Å². The highest BCUT2D eigenvalue weighted by atomic mass is 35.5. The molecule has 0 bridgehead atoms. The molecule has 25 heavy (non-hydrogen) atoms. The lowest BCUT2D eigenvalue weighted by molar-refractivity contribution is -0.626. The van der Waals surface area contributed by atoms with E-state index in [9.17, 15) is 39.9 Å². The molecule has 1 aromatic rings. The molecule has 0 atom stereocenters. The van der Waals surface area contributed by atoms with Crippen LogP contribution in [0.2, 0.25) is 5.02 Å². The van der Waals surface area contributed by atoms with Crippen LogP contribution in [0.5, 0.6) is 0 Å². The lowest BCUT2D eigenvalue weighted by Crippen LogP contribution is -2.46. The molecule has 1 rings (SSSR count). The van der Waals surface area contributed by atoms with E-state index in [0.29, 0.717) is 0 Å². The summed E-state index contributed by atoms with van der Waals surface area (Å²) in [4.78, 5) is 54.4. The Kier molecular flexibility index (Phi) is 5.73. The number of nitrogens with one attached hydrogen (secondary N) is 1. The predicted octanol–water partition coefficient (Wildman–Crippen LogP) is 1.86. The fourth-order valence-corrected chi connectivity index (χ4v) is 1.77. The monoisotopic (exact) mass is 376 g/mol. The summed E-state index contributed by atoms with van der Waals surface area (Å²) in [7, 11) is 1.60. The van der Waals surface area contributed by atoms with Crippen LogP contribution >= 0.6 is 11.6 Å². The molecular weight excluding hydrogens is 368 g/mol. The number of rotatable bonds is 4. The average molecular weight is 377 g/mol. The SMILES string of the molecule is CN(C(=O)Nc1c([N+](=O)[O-])cc(Cl)cc1[N+](=O)[O-])C(=O)N(C)[N+](=O)[O-]. The Balaban J connectivity index is 3.27. The van der Waals surface area contributed by atoms with E-state index in [0.717, 1.165) is 26.2 Å². The third-order valence-corrected chi connectivity index (χ3v) is 3.02. The number of hydrogen-bond acceptors (Lipinski definition) is 8. The van der Waals surface area contributed by atoms with Crippen LogP contribution in [0.4, 0.5) is 26.7 Å². The fourth-order valence-electron chi connectivity index (χ4n) is 1.56. The van der Waals surface area contributed by atoms with Gasteiger partial charge in [0.25, 0.3) is 0 Å². The van der Waals surface area contributed by atoms with Crippen molar-refractivity contribution in [1.82, 2.24) is 9.91 Å². The van der Waals surface area contributed by atoms with Crippen LogP contribution < -0.4 is 5.32 Å². The molecule has 0 radical (unpaired) electrons. The summed E-state index contributed by atoms with van der Waals surface area (Å²) in [5, 5.41) is 32.9. The van der Waals surface area contributed by atoms with Gasteiger partial charge in [-0.1, -0.05) is 11.6 Å². The van der Waals surface area contributed by atoms with Crippen molar-refractivity contribution < 1.29 is 24.5 Å². The number of nitro benzene ring substituents is 2. The molecule has 0 saturated heterocycles. The second kappa shape index (κ2) is 7.35. The highest BCUT2D eigenvalue weighted by molar-refractivity contribution is 6.31. The normalized spacial score (nSPS) is 9.88. The number of hydrazine groups is 1. The van der Waals surface area contributed by atoms with E-state index in [1.54, 1.807) is 0 Å². The van der Waals surface area contributed by atoms with Crippen LogP contribution in [-0.4, -0.2) is 50.9 Å². The second-order valence-electron chi connectivity index (χ2n) is 4.37. The number of nitrogens with zero attached hydrogens (tertiary/aromatic N) is 5. The smallest absolute Gasteiger partial charge is 0.296 e. The summed E-state index contributed by atoms with van der Waals surface area (Å²) in [5.41, 5.74) is -2.61. The van der Waals surface area contributed by atoms with Crippen molar-refractivity contribution in [2.24, 2.45) is 0 Å². The summed E-state index contributed by atoms with van der Waals surface area (Å²) < 4.78 is 0. The largest absolute Gasteiger partial charge is 0.385 e. The van der Waals surface area contributed by atoms with E-state index in [2.05, 4.69) is 0 Å². The molecule has 0 saturated carbocycles. The van der Waals surface area contributed by atoms with Gasteiger partial charge in [0, 0.05) is 19.2 Å². The van der Waals surface area contributed by atoms with Gasteiger partial charge in [0.15, 0.2) is 10.7 Å². The molecule has 0 spiro atoms. The molecule has 1 aromatic carbocycles. The van der Waals surface area contributed by atoms with Crippen molar-refractivity contribution in [3.8, 4) is 0 Å². The Labute approximate surface area is 143 Å². The summed E-state index contributed by atoms with van der Waals surface area (Å²) in [6.45, 7) is 0. The highest BCUT2D eigenvalue weighted by Gasteiger charge is 2.32. The predicted molar refractivity (Wildman–Crippen MR) is 81.7 cm³/mol. The zero-order valence-electron chi connectivity index (χ0n) is 12.5. The van der Waals surface area contributed by atoms with Crippen molar-refractivity contribution in [2.75, 3.05) is 19.4 Å². The van der Waals surface area contributed by atoms with E-state index in [-0.39, 0.29) is 14.9 Å². The Morgan fingerprint density at radius 2 is 1.48 bits per heavy atom. The maximum atomic E-state index is 12.0. The number of imide groups is 1. The molecule has 0 aliphatic carbocycles. The van der Waals surface area contributed by atoms with Gasteiger partial charge in [-0.15, -0.1) is 0 Å². The van der Waals surface area contributed by atoms with Gasteiger partial charge in [0.1, 0.15) is 0 Å². The van der Waals surface area contributed by atoms with Crippen LogP contribution in [0, 0.1) is 30.3 Å². The van der Waals surface area contributed by atoms with Crippen LogP contribution in [0.25, 0.3) is 0 Å². The molecule has 0 aliphatic rings. The van der Waals surface area contributed by atoms with Crippen LogP contribution in [0.3, 0.4) is 0 Å². The van der Waals surface area contributed by atoms with Crippen molar-refractivity contribution in [1.29, 1.82) is 0 Å². The number of hydrogen-bond donors (Lipinski definition) is 1. The second-order valence-corrected chi connectivity index (χ2v) is 4.80. The van der Waals surface area contributed by atoms with Crippen molar-refractivity contribution in [2.45, 2.75) is 0 Å². The van der Waals surface area contributed by atoms with Gasteiger partial charge < -0.3 is 0 Å². The third kappa shape index (κ3) is 4.25. The molecule has 134 valence electrons. The highest BCUT2D eigenvalue weighted by Crippen LogP contribution is 2.37. The molecule has 0 unspecified atom stereocenters. The van der Waals surface area contributed by atoms with Crippen molar-refractivity contribution >= 4 is 40.7 Å². The maximum Gasteiger partial charge on any atom is 0.385 e. The van der Waals surface area contributed by atoms with Crippen LogP contribution in [0.15, 0.2) is 12.1 Å². The fraction of sp³-hybridized carbons (Fsp3) is 0.200. The Bertz CT molecular complexity index is 748. The minimum absolute atomic E-state index is 0.0235. The Morgan fingerprint density at radius 1 is 1.04 bits per heavy atom. The molecule has 4 amide bonds. The van der Waals surface area contributed by atoms with Gasteiger partial charge in [-0.3, -0.25) is 25.5 Å². The molecule has 15 heteroatoms. The number of nitro groups is 3. The van der Waals surface area contributed by atoms with E-state index in [1.807, 2.05) is 5.32 Å². The summed E-state index contributed by atoms with van der Waals surface area (Å²) in [6.07, 6.45) is 0. The topological polar surface area (TPSA) is 182 Å². The molecule has 0 heterocycles.